The average Bonchev–Trinajstić information content (AvgIpc) is 3.54. The molecule has 0 aromatic heterocycles. The minimum absolute atomic E-state index is 0.203. The molecule has 0 saturated heterocycles. The molecule has 0 unspecified atom stereocenters. The summed E-state index contributed by atoms with van der Waals surface area (Å²) in [7, 11) is 3.09. The first-order valence-corrected chi connectivity index (χ1v) is 9.45. The Bertz CT molecular complexity index is 832. The van der Waals surface area contributed by atoms with Gasteiger partial charge in [0.2, 0.25) is 11.8 Å². The number of amides is 2. The molecular formula is C22H26N2O4. The van der Waals surface area contributed by atoms with Crippen molar-refractivity contribution in [2.24, 2.45) is 5.41 Å². The molecule has 2 aromatic rings. The predicted molar refractivity (Wildman–Crippen MR) is 108 cm³/mol. The number of methoxy groups -OCH3 is 2. The largest absolute Gasteiger partial charge is 0.497 e. The third kappa shape index (κ3) is 4.44. The molecule has 148 valence electrons. The van der Waals surface area contributed by atoms with E-state index in [0.717, 1.165) is 12.8 Å². The van der Waals surface area contributed by atoms with Gasteiger partial charge in [0.1, 0.15) is 16.9 Å². The smallest absolute Gasteiger partial charge is 0.240 e. The van der Waals surface area contributed by atoms with Crippen LogP contribution in [-0.4, -0.2) is 32.6 Å². The number of benzene rings is 2. The average molecular weight is 382 g/mol. The van der Waals surface area contributed by atoms with Gasteiger partial charge in [-0.2, -0.15) is 0 Å². The van der Waals surface area contributed by atoms with Crippen molar-refractivity contribution in [1.82, 2.24) is 5.32 Å². The van der Waals surface area contributed by atoms with Crippen LogP contribution in [0.25, 0.3) is 0 Å². The number of ether oxygens (including phenoxy) is 2. The molecule has 3 rings (SSSR count). The fourth-order valence-electron chi connectivity index (χ4n) is 3.13. The molecule has 0 atom stereocenters. The number of carbonyl (C=O) groups is 2. The van der Waals surface area contributed by atoms with Gasteiger partial charge in [0.15, 0.2) is 0 Å². The van der Waals surface area contributed by atoms with Crippen LogP contribution in [0.4, 0.5) is 5.69 Å². The van der Waals surface area contributed by atoms with Crippen LogP contribution in [0, 0.1) is 5.41 Å². The fourth-order valence-corrected chi connectivity index (χ4v) is 3.13. The second-order valence-electron chi connectivity index (χ2n) is 6.95. The van der Waals surface area contributed by atoms with Crippen molar-refractivity contribution in [2.45, 2.75) is 25.7 Å². The first-order chi connectivity index (χ1) is 13.6. The van der Waals surface area contributed by atoms with Crippen molar-refractivity contribution >= 4 is 17.5 Å². The Kier molecular flexibility index (Phi) is 6.19. The summed E-state index contributed by atoms with van der Waals surface area (Å²) in [6.45, 7) is 0.550. The Labute approximate surface area is 165 Å². The van der Waals surface area contributed by atoms with Gasteiger partial charge in [-0.1, -0.05) is 30.3 Å². The molecule has 0 radical (unpaired) electrons. The molecule has 28 heavy (non-hydrogen) atoms. The highest BCUT2D eigenvalue weighted by Crippen LogP contribution is 2.47. The van der Waals surface area contributed by atoms with E-state index in [-0.39, 0.29) is 11.8 Å². The number of rotatable bonds is 9. The maximum atomic E-state index is 12.8. The molecule has 0 spiro atoms. The monoisotopic (exact) mass is 382 g/mol. The first-order valence-electron chi connectivity index (χ1n) is 9.45. The topological polar surface area (TPSA) is 76.7 Å². The van der Waals surface area contributed by atoms with E-state index >= 15 is 0 Å². The lowest BCUT2D eigenvalue weighted by atomic mass is 10.0. The number of hydrogen-bond donors (Lipinski definition) is 2. The summed E-state index contributed by atoms with van der Waals surface area (Å²) < 4.78 is 10.5. The van der Waals surface area contributed by atoms with E-state index < -0.39 is 5.41 Å². The Hall–Kier alpha value is -3.02. The number of nitrogens with one attached hydrogen (secondary N) is 2. The van der Waals surface area contributed by atoms with Crippen LogP contribution in [0.3, 0.4) is 0 Å². The highest BCUT2D eigenvalue weighted by molar-refractivity contribution is 6.13. The van der Waals surface area contributed by atoms with E-state index in [2.05, 4.69) is 22.8 Å². The third-order valence-electron chi connectivity index (χ3n) is 5.05. The molecular weight excluding hydrogens is 356 g/mol. The van der Waals surface area contributed by atoms with E-state index in [1.807, 2.05) is 18.2 Å². The maximum Gasteiger partial charge on any atom is 0.240 e. The molecule has 1 aliphatic carbocycles. The van der Waals surface area contributed by atoms with Crippen molar-refractivity contribution in [3.63, 3.8) is 0 Å². The van der Waals surface area contributed by atoms with E-state index in [9.17, 15) is 9.59 Å². The highest BCUT2D eigenvalue weighted by atomic mass is 16.5. The Morgan fingerprint density at radius 3 is 2.39 bits per heavy atom. The molecule has 6 heteroatoms. The van der Waals surface area contributed by atoms with Crippen molar-refractivity contribution in [3.05, 3.63) is 54.1 Å². The van der Waals surface area contributed by atoms with Crippen LogP contribution >= 0.6 is 0 Å². The summed E-state index contributed by atoms with van der Waals surface area (Å²) >= 11 is 0. The first kappa shape index (κ1) is 19.7. The fraction of sp³-hybridized carbons (Fsp3) is 0.364. The number of hydrogen-bond acceptors (Lipinski definition) is 4. The summed E-state index contributed by atoms with van der Waals surface area (Å²) in [5.74, 6) is 0.626. The van der Waals surface area contributed by atoms with Crippen LogP contribution in [-0.2, 0) is 16.0 Å². The molecule has 1 saturated carbocycles. The minimum atomic E-state index is -0.975. The van der Waals surface area contributed by atoms with E-state index in [4.69, 9.17) is 9.47 Å². The number of anilines is 1. The molecule has 2 aromatic carbocycles. The zero-order valence-electron chi connectivity index (χ0n) is 16.3. The highest BCUT2D eigenvalue weighted by Gasteiger charge is 2.56. The molecule has 2 N–H and O–H groups in total. The zero-order valence-corrected chi connectivity index (χ0v) is 16.3. The van der Waals surface area contributed by atoms with Crippen molar-refractivity contribution in [2.75, 3.05) is 26.1 Å². The van der Waals surface area contributed by atoms with Gasteiger partial charge in [-0.25, -0.2) is 0 Å². The Balaban J connectivity index is 1.54. The summed E-state index contributed by atoms with van der Waals surface area (Å²) in [5.41, 5.74) is 0.788. The van der Waals surface area contributed by atoms with Crippen LogP contribution in [0.5, 0.6) is 11.5 Å². The summed E-state index contributed by atoms with van der Waals surface area (Å²) in [5, 5.41) is 5.75. The zero-order chi connectivity index (χ0) is 20.0. The molecule has 0 bridgehead atoms. The van der Waals surface area contributed by atoms with Gasteiger partial charge in [0.25, 0.3) is 0 Å². The van der Waals surface area contributed by atoms with Crippen LogP contribution in [0.2, 0.25) is 0 Å². The number of aryl methyl sites for hydroxylation is 1. The quantitative estimate of drug-likeness (QED) is 0.516. The lowest BCUT2D eigenvalue weighted by Crippen LogP contribution is -2.40. The molecule has 0 heterocycles. The van der Waals surface area contributed by atoms with Gasteiger partial charge in [0.05, 0.1) is 19.9 Å². The SMILES string of the molecule is COc1ccc(NC(=O)C2(C(=O)NCCCc3ccccc3)CC2)c(OC)c1. The third-order valence-corrected chi connectivity index (χ3v) is 5.05. The number of carbonyl (C=O) groups excluding carboxylic acids is 2. The van der Waals surface area contributed by atoms with E-state index in [1.54, 1.807) is 25.3 Å². The lowest BCUT2D eigenvalue weighted by Gasteiger charge is -2.17. The van der Waals surface area contributed by atoms with Crippen LogP contribution in [0.1, 0.15) is 24.8 Å². The lowest BCUT2D eigenvalue weighted by molar-refractivity contribution is -0.134. The standard InChI is InChI=1S/C22H26N2O4/c1-27-17-10-11-18(19(15-17)28-2)24-21(26)22(12-13-22)20(25)23-14-6-9-16-7-4-3-5-8-16/h3-5,7-8,10-11,15H,6,9,12-14H2,1-2H3,(H,23,25)(H,24,26). The normalized spacial score (nSPS) is 14.1. The Morgan fingerprint density at radius 1 is 1.00 bits per heavy atom. The molecule has 2 amide bonds. The summed E-state index contributed by atoms with van der Waals surface area (Å²) in [6, 6.07) is 15.3. The van der Waals surface area contributed by atoms with Gasteiger partial charge in [-0.15, -0.1) is 0 Å². The van der Waals surface area contributed by atoms with Gasteiger partial charge >= 0.3 is 0 Å². The predicted octanol–water partition coefficient (Wildman–Crippen LogP) is 3.17. The van der Waals surface area contributed by atoms with Crippen molar-refractivity contribution in [3.8, 4) is 11.5 Å². The second kappa shape index (κ2) is 8.78. The maximum absolute atomic E-state index is 12.8. The van der Waals surface area contributed by atoms with Gasteiger partial charge < -0.3 is 20.1 Å². The minimum Gasteiger partial charge on any atom is -0.497 e. The van der Waals surface area contributed by atoms with Gasteiger partial charge in [-0.05, 0) is 43.4 Å². The van der Waals surface area contributed by atoms with Gasteiger partial charge in [0, 0.05) is 12.6 Å². The van der Waals surface area contributed by atoms with Gasteiger partial charge in [-0.3, -0.25) is 9.59 Å². The Morgan fingerprint density at radius 2 is 1.75 bits per heavy atom. The second-order valence-corrected chi connectivity index (χ2v) is 6.95. The van der Waals surface area contributed by atoms with Crippen LogP contribution in [0.15, 0.2) is 48.5 Å². The van der Waals surface area contributed by atoms with Crippen molar-refractivity contribution < 1.29 is 19.1 Å². The molecule has 1 aliphatic rings. The summed E-state index contributed by atoms with van der Waals surface area (Å²) in [6.07, 6.45) is 2.84. The van der Waals surface area contributed by atoms with E-state index in [0.29, 0.717) is 36.6 Å². The molecule has 0 aliphatic heterocycles. The molecule has 6 nitrogen and oxygen atoms in total. The van der Waals surface area contributed by atoms with Crippen molar-refractivity contribution in [1.29, 1.82) is 0 Å². The molecule has 1 fully saturated rings. The summed E-state index contributed by atoms with van der Waals surface area (Å²) in [4.78, 5) is 25.4. The van der Waals surface area contributed by atoms with Crippen LogP contribution < -0.4 is 20.1 Å². The van der Waals surface area contributed by atoms with E-state index in [1.165, 1.54) is 12.7 Å².